The van der Waals surface area contributed by atoms with Gasteiger partial charge in [-0.2, -0.15) is 0 Å². The summed E-state index contributed by atoms with van der Waals surface area (Å²) in [7, 11) is 0. The zero-order chi connectivity index (χ0) is 15.0. The smallest absolute Gasteiger partial charge is 0.227 e. The summed E-state index contributed by atoms with van der Waals surface area (Å²) in [5.41, 5.74) is 0.923. The molecule has 0 bridgehead atoms. The van der Waals surface area contributed by atoms with Gasteiger partial charge in [0, 0.05) is 29.6 Å². The molecule has 104 valence electrons. The van der Waals surface area contributed by atoms with E-state index in [1.165, 1.54) is 6.08 Å². The van der Waals surface area contributed by atoms with E-state index in [4.69, 9.17) is 0 Å². The van der Waals surface area contributed by atoms with Crippen LogP contribution in [0.2, 0.25) is 0 Å². The third-order valence-electron chi connectivity index (χ3n) is 3.25. The molecule has 1 amide bonds. The second kappa shape index (κ2) is 5.00. The highest BCUT2D eigenvalue weighted by Gasteiger charge is 2.33. The second-order valence-corrected chi connectivity index (χ2v) is 5.22. The molecule has 0 saturated heterocycles. The third-order valence-corrected chi connectivity index (χ3v) is 3.25. The maximum absolute atomic E-state index is 12.3. The summed E-state index contributed by atoms with van der Waals surface area (Å²) in [6, 6.07) is 0. The van der Waals surface area contributed by atoms with Crippen LogP contribution in [0.25, 0.3) is 0 Å². The summed E-state index contributed by atoms with van der Waals surface area (Å²) in [4.78, 5) is 47.5. The Hall–Kier alpha value is -2.30. The van der Waals surface area contributed by atoms with Crippen LogP contribution in [0.5, 0.6) is 0 Å². The van der Waals surface area contributed by atoms with Crippen LogP contribution in [0.3, 0.4) is 0 Å². The molecule has 0 heterocycles. The van der Waals surface area contributed by atoms with Gasteiger partial charge < -0.3 is 5.32 Å². The zero-order valence-corrected chi connectivity index (χ0v) is 11.6. The van der Waals surface area contributed by atoms with E-state index in [0.29, 0.717) is 5.57 Å². The largest absolute Gasteiger partial charge is 0.322 e. The fourth-order valence-corrected chi connectivity index (χ4v) is 2.18. The Kier molecular flexibility index (Phi) is 3.53. The highest BCUT2D eigenvalue weighted by atomic mass is 16.2. The quantitative estimate of drug-likeness (QED) is 0.761. The highest BCUT2D eigenvalue weighted by molar-refractivity contribution is 6.27. The van der Waals surface area contributed by atoms with E-state index in [1.54, 1.807) is 20.8 Å². The van der Waals surface area contributed by atoms with Crippen molar-refractivity contribution >= 4 is 23.3 Å². The van der Waals surface area contributed by atoms with Gasteiger partial charge in [-0.3, -0.25) is 19.2 Å². The van der Waals surface area contributed by atoms with Crippen molar-refractivity contribution in [2.45, 2.75) is 27.2 Å². The summed E-state index contributed by atoms with van der Waals surface area (Å²) in [6.07, 6.45) is 2.41. The molecule has 1 N–H and O–H groups in total. The maximum atomic E-state index is 12.3. The first kappa shape index (κ1) is 14.1. The Balaban J connectivity index is 2.36. The lowest BCUT2D eigenvalue weighted by Crippen LogP contribution is -2.35. The molecule has 0 atom stereocenters. The van der Waals surface area contributed by atoms with Crippen molar-refractivity contribution < 1.29 is 19.2 Å². The highest BCUT2D eigenvalue weighted by Crippen LogP contribution is 2.30. The first-order valence-electron chi connectivity index (χ1n) is 6.37. The SMILES string of the molecule is CC1=CC(=O)CC2=C1C(=O)C(NC(=O)C(C)C)=CC2=O. The Morgan fingerprint density at radius 2 is 1.85 bits per heavy atom. The van der Waals surface area contributed by atoms with Crippen LogP contribution >= 0.6 is 0 Å². The monoisotopic (exact) mass is 273 g/mol. The van der Waals surface area contributed by atoms with Gasteiger partial charge in [0.2, 0.25) is 11.7 Å². The van der Waals surface area contributed by atoms with Crippen LogP contribution in [0.15, 0.2) is 34.6 Å². The molecule has 0 aliphatic heterocycles. The molecule has 20 heavy (non-hydrogen) atoms. The standard InChI is InChI=1S/C15H15NO4/c1-7(2)15(20)16-11-6-12(18)10-5-9(17)4-8(3)13(10)14(11)19/h4,6-7H,5H2,1-3H3,(H,16,20). The third kappa shape index (κ3) is 2.39. The zero-order valence-electron chi connectivity index (χ0n) is 11.6. The molecular weight excluding hydrogens is 258 g/mol. The predicted molar refractivity (Wildman–Crippen MR) is 71.5 cm³/mol. The molecule has 0 fully saturated rings. The predicted octanol–water partition coefficient (Wildman–Crippen LogP) is 1.01. The summed E-state index contributed by atoms with van der Waals surface area (Å²) < 4.78 is 0. The van der Waals surface area contributed by atoms with Gasteiger partial charge in [0.1, 0.15) is 0 Å². The van der Waals surface area contributed by atoms with Gasteiger partial charge in [0.05, 0.1) is 5.70 Å². The molecule has 0 aromatic carbocycles. The fourth-order valence-electron chi connectivity index (χ4n) is 2.18. The average molecular weight is 273 g/mol. The van der Waals surface area contributed by atoms with Crippen LogP contribution in [0, 0.1) is 5.92 Å². The number of amides is 1. The van der Waals surface area contributed by atoms with Crippen molar-refractivity contribution in [3.63, 3.8) is 0 Å². The first-order valence-corrected chi connectivity index (χ1v) is 6.37. The number of hydrogen-bond donors (Lipinski definition) is 1. The molecule has 0 aromatic rings. The first-order chi connectivity index (χ1) is 9.31. The van der Waals surface area contributed by atoms with Crippen LogP contribution < -0.4 is 5.32 Å². The molecular formula is C15H15NO4. The molecule has 5 nitrogen and oxygen atoms in total. The summed E-state index contributed by atoms with van der Waals surface area (Å²) >= 11 is 0. The maximum Gasteiger partial charge on any atom is 0.227 e. The van der Waals surface area contributed by atoms with E-state index in [1.807, 2.05) is 0 Å². The normalized spacial score (nSPS) is 18.9. The minimum atomic E-state index is -0.408. The van der Waals surface area contributed by atoms with Crippen LogP contribution in [0.4, 0.5) is 0 Å². The summed E-state index contributed by atoms with van der Waals surface area (Å²) in [5, 5.41) is 2.47. The Morgan fingerprint density at radius 1 is 1.20 bits per heavy atom. The summed E-state index contributed by atoms with van der Waals surface area (Å²) in [5.74, 6) is -1.60. The minimum Gasteiger partial charge on any atom is -0.322 e. The van der Waals surface area contributed by atoms with E-state index in [-0.39, 0.29) is 46.7 Å². The average Bonchev–Trinajstić information content (AvgIpc) is 2.34. The second-order valence-electron chi connectivity index (χ2n) is 5.22. The van der Waals surface area contributed by atoms with E-state index < -0.39 is 5.78 Å². The lowest BCUT2D eigenvalue weighted by Gasteiger charge is -2.22. The van der Waals surface area contributed by atoms with Crippen molar-refractivity contribution in [1.82, 2.24) is 5.32 Å². The van der Waals surface area contributed by atoms with Gasteiger partial charge in [-0.15, -0.1) is 0 Å². The Bertz CT molecular complexity index is 632. The van der Waals surface area contributed by atoms with Gasteiger partial charge in [-0.25, -0.2) is 0 Å². The molecule has 0 aromatic heterocycles. The molecule has 2 aliphatic carbocycles. The number of hydrogen-bond acceptors (Lipinski definition) is 4. The molecule has 2 rings (SSSR count). The minimum absolute atomic E-state index is 0.0189. The Labute approximate surface area is 116 Å². The van der Waals surface area contributed by atoms with E-state index >= 15 is 0 Å². The van der Waals surface area contributed by atoms with Crippen molar-refractivity contribution in [2.24, 2.45) is 5.92 Å². The molecule has 5 heteroatoms. The van der Waals surface area contributed by atoms with Crippen molar-refractivity contribution in [1.29, 1.82) is 0 Å². The van der Waals surface area contributed by atoms with Gasteiger partial charge in [-0.1, -0.05) is 13.8 Å². The molecule has 2 aliphatic rings. The van der Waals surface area contributed by atoms with E-state index in [9.17, 15) is 19.2 Å². The number of carbonyl (C=O) groups excluding carboxylic acids is 4. The van der Waals surface area contributed by atoms with Crippen LogP contribution in [0.1, 0.15) is 27.2 Å². The molecule has 0 spiro atoms. The van der Waals surface area contributed by atoms with Gasteiger partial charge in [0.25, 0.3) is 0 Å². The molecule has 0 radical (unpaired) electrons. The van der Waals surface area contributed by atoms with Crippen molar-refractivity contribution in [3.05, 3.63) is 34.6 Å². The van der Waals surface area contributed by atoms with E-state index in [2.05, 4.69) is 5.32 Å². The molecule has 0 saturated carbocycles. The summed E-state index contributed by atoms with van der Waals surface area (Å²) in [6.45, 7) is 5.01. The van der Waals surface area contributed by atoms with E-state index in [0.717, 1.165) is 6.08 Å². The number of rotatable bonds is 2. The lowest BCUT2D eigenvalue weighted by molar-refractivity contribution is -0.125. The topological polar surface area (TPSA) is 80.3 Å². The van der Waals surface area contributed by atoms with Crippen LogP contribution in [-0.4, -0.2) is 23.3 Å². The number of carbonyl (C=O) groups is 4. The van der Waals surface area contributed by atoms with Gasteiger partial charge >= 0.3 is 0 Å². The van der Waals surface area contributed by atoms with Crippen molar-refractivity contribution in [3.8, 4) is 0 Å². The number of ketones is 3. The van der Waals surface area contributed by atoms with Gasteiger partial charge in [-0.05, 0) is 18.6 Å². The number of Topliss-reactive ketones (excluding diaryl/α,β-unsaturated/α-hetero) is 1. The van der Waals surface area contributed by atoms with Crippen molar-refractivity contribution in [2.75, 3.05) is 0 Å². The fraction of sp³-hybridized carbons (Fsp3) is 0.333. The number of nitrogens with one attached hydrogen (secondary N) is 1. The van der Waals surface area contributed by atoms with Crippen LogP contribution in [-0.2, 0) is 19.2 Å². The van der Waals surface area contributed by atoms with Gasteiger partial charge in [0.15, 0.2) is 11.6 Å². The Morgan fingerprint density at radius 3 is 2.45 bits per heavy atom. The molecule has 0 unspecified atom stereocenters. The number of allylic oxidation sites excluding steroid dienone is 5. The lowest BCUT2D eigenvalue weighted by atomic mass is 9.82.